The molecule has 0 N–H and O–H groups in total. The minimum Gasteiger partial charge on any atom is -0.310 e. The fraction of sp³-hybridized carbons (Fsp3) is 0.0800. The molecule has 0 radical (unpaired) electrons. The zero-order chi connectivity index (χ0) is 35.9. The lowest BCUT2D eigenvalue weighted by Gasteiger charge is -2.26. The summed E-state index contributed by atoms with van der Waals surface area (Å²) in [6.45, 7) is 8.66. The van der Waals surface area contributed by atoms with Gasteiger partial charge < -0.3 is 9.80 Å². The molecule has 0 saturated heterocycles. The first-order chi connectivity index (χ1) is 25.4. The van der Waals surface area contributed by atoms with Crippen LogP contribution in [0.5, 0.6) is 0 Å². The Labute approximate surface area is 309 Å². The van der Waals surface area contributed by atoms with Crippen LogP contribution in [-0.2, 0) is 0 Å². The monoisotopic (exact) mass is 672 g/mol. The van der Waals surface area contributed by atoms with E-state index in [1.165, 1.54) is 22.3 Å². The molecule has 2 nitrogen and oxygen atoms in total. The molecule has 0 heterocycles. The van der Waals surface area contributed by atoms with Crippen LogP contribution in [0.2, 0.25) is 0 Å². The Bertz CT molecular complexity index is 2150. The predicted molar refractivity (Wildman–Crippen MR) is 225 cm³/mol. The van der Waals surface area contributed by atoms with E-state index in [9.17, 15) is 0 Å². The first-order valence-corrected chi connectivity index (χ1v) is 17.9. The first kappa shape index (κ1) is 34.1. The zero-order valence-electron chi connectivity index (χ0n) is 30.4. The van der Waals surface area contributed by atoms with Crippen molar-refractivity contribution in [3.05, 3.63) is 214 Å². The topological polar surface area (TPSA) is 6.48 Å². The van der Waals surface area contributed by atoms with Crippen molar-refractivity contribution in [3.8, 4) is 0 Å². The van der Waals surface area contributed by atoms with Crippen LogP contribution in [0.4, 0.5) is 34.1 Å². The number of hydrogen-bond acceptors (Lipinski definition) is 2. The fourth-order valence-corrected chi connectivity index (χ4v) is 6.40. The summed E-state index contributed by atoms with van der Waals surface area (Å²) in [6, 6.07) is 60.7. The second-order valence-corrected chi connectivity index (χ2v) is 13.4. The maximum atomic E-state index is 2.31. The second kappa shape index (κ2) is 15.7. The molecule has 0 aromatic heterocycles. The number of rotatable bonds is 10. The highest BCUT2D eigenvalue weighted by Gasteiger charge is 2.14. The Balaban J connectivity index is 1.06. The molecule has 7 aromatic carbocycles. The first-order valence-electron chi connectivity index (χ1n) is 17.9. The van der Waals surface area contributed by atoms with Crippen LogP contribution >= 0.6 is 0 Å². The summed E-state index contributed by atoms with van der Waals surface area (Å²) >= 11 is 0. The van der Waals surface area contributed by atoms with Crippen LogP contribution in [0.25, 0.3) is 24.3 Å². The van der Waals surface area contributed by atoms with E-state index >= 15 is 0 Å². The van der Waals surface area contributed by atoms with E-state index in [4.69, 9.17) is 0 Å². The van der Waals surface area contributed by atoms with Gasteiger partial charge in [0, 0.05) is 34.1 Å². The van der Waals surface area contributed by atoms with Crippen LogP contribution in [0.15, 0.2) is 170 Å². The zero-order valence-corrected chi connectivity index (χ0v) is 30.4. The van der Waals surface area contributed by atoms with Gasteiger partial charge in [-0.3, -0.25) is 0 Å². The van der Waals surface area contributed by atoms with Gasteiger partial charge in [0.05, 0.1) is 0 Å². The van der Waals surface area contributed by atoms with Gasteiger partial charge >= 0.3 is 0 Å². The summed E-state index contributed by atoms with van der Waals surface area (Å²) < 4.78 is 0. The summed E-state index contributed by atoms with van der Waals surface area (Å²) in [7, 11) is 0. The average Bonchev–Trinajstić information content (AvgIpc) is 3.18. The number of aryl methyl sites for hydroxylation is 4. The number of para-hydroxylation sites is 2. The molecule has 0 aliphatic heterocycles. The van der Waals surface area contributed by atoms with E-state index in [2.05, 4.69) is 232 Å². The summed E-state index contributed by atoms with van der Waals surface area (Å²) in [5.41, 5.74) is 16.7. The molecule has 0 aliphatic rings. The normalized spacial score (nSPS) is 11.3. The highest BCUT2D eigenvalue weighted by molar-refractivity contribution is 5.81. The van der Waals surface area contributed by atoms with Crippen molar-refractivity contribution < 1.29 is 0 Å². The quantitative estimate of drug-likeness (QED) is 0.133. The molecule has 0 amide bonds. The smallest absolute Gasteiger partial charge is 0.0464 e. The van der Waals surface area contributed by atoms with Gasteiger partial charge in [-0.2, -0.15) is 0 Å². The molecule has 7 rings (SSSR count). The lowest BCUT2D eigenvalue weighted by molar-refractivity contribution is 1.25. The minimum atomic E-state index is 1.13. The number of nitrogens with zero attached hydrogens (tertiary/aromatic N) is 2. The van der Waals surface area contributed by atoms with Crippen molar-refractivity contribution >= 4 is 58.4 Å². The van der Waals surface area contributed by atoms with Gasteiger partial charge in [0.1, 0.15) is 0 Å². The molecular weight excluding hydrogens is 629 g/mol. The van der Waals surface area contributed by atoms with Gasteiger partial charge in [0.2, 0.25) is 0 Å². The Morgan fingerprint density at radius 3 is 1.00 bits per heavy atom. The van der Waals surface area contributed by atoms with Gasteiger partial charge in [0.15, 0.2) is 0 Å². The van der Waals surface area contributed by atoms with E-state index in [1.54, 1.807) is 0 Å². The Morgan fingerprint density at radius 1 is 0.269 bits per heavy atom. The largest absolute Gasteiger partial charge is 0.310 e. The van der Waals surface area contributed by atoms with Crippen molar-refractivity contribution in [2.24, 2.45) is 0 Å². The molecule has 0 atom stereocenters. The van der Waals surface area contributed by atoms with Gasteiger partial charge in [0.25, 0.3) is 0 Å². The van der Waals surface area contributed by atoms with E-state index in [0.29, 0.717) is 0 Å². The lowest BCUT2D eigenvalue weighted by Crippen LogP contribution is -2.10. The number of hydrogen-bond donors (Lipinski definition) is 0. The maximum Gasteiger partial charge on any atom is 0.0464 e. The molecule has 254 valence electrons. The van der Waals surface area contributed by atoms with E-state index in [-0.39, 0.29) is 0 Å². The fourth-order valence-electron chi connectivity index (χ4n) is 6.40. The molecule has 0 spiro atoms. The van der Waals surface area contributed by atoms with Crippen LogP contribution in [0.1, 0.15) is 44.5 Å². The Hall–Kier alpha value is -6.38. The third kappa shape index (κ3) is 7.98. The van der Waals surface area contributed by atoms with Gasteiger partial charge in [-0.15, -0.1) is 0 Å². The highest BCUT2D eigenvalue weighted by Crippen LogP contribution is 2.37. The third-order valence-corrected chi connectivity index (χ3v) is 9.68. The van der Waals surface area contributed by atoms with Gasteiger partial charge in [-0.05, 0) is 151 Å². The van der Waals surface area contributed by atoms with Gasteiger partial charge in [-0.25, -0.2) is 0 Å². The number of benzene rings is 7. The van der Waals surface area contributed by atoms with Crippen LogP contribution in [-0.4, -0.2) is 0 Å². The predicted octanol–water partition coefficient (Wildman–Crippen LogP) is 14.2. The van der Waals surface area contributed by atoms with Crippen LogP contribution < -0.4 is 9.80 Å². The molecule has 0 saturated carbocycles. The molecule has 0 bridgehead atoms. The van der Waals surface area contributed by atoms with Gasteiger partial charge in [-0.1, -0.05) is 115 Å². The van der Waals surface area contributed by atoms with E-state index < -0.39 is 0 Å². The van der Waals surface area contributed by atoms with Crippen LogP contribution in [0.3, 0.4) is 0 Å². The minimum absolute atomic E-state index is 1.13. The third-order valence-electron chi connectivity index (χ3n) is 9.68. The van der Waals surface area contributed by atoms with Crippen molar-refractivity contribution in [2.45, 2.75) is 27.7 Å². The summed E-state index contributed by atoms with van der Waals surface area (Å²) in [5, 5.41) is 0. The van der Waals surface area contributed by atoms with Crippen molar-refractivity contribution in [1.29, 1.82) is 0 Å². The molecule has 7 aromatic rings. The van der Waals surface area contributed by atoms with Crippen molar-refractivity contribution in [3.63, 3.8) is 0 Å². The second-order valence-electron chi connectivity index (χ2n) is 13.4. The molecule has 0 unspecified atom stereocenters. The SMILES string of the molecule is Cc1ccc(N(c2ccccc2)c2ccc(/C=C/c3cccc(/C=C/c4ccc(N(c5ccccc5)c5ccc(C)c(C)c5)cc4)c3)cc2)cc1C. The van der Waals surface area contributed by atoms with Crippen molar-refractivity contribution in [1.82, 2.24) is 0 Å². The van der Waals surface area contributed by atoms with Crippen LogP contribution in [0, 0.1) is 27.7 Å². The Morgan fingerprint density at radius 2 is 0.615 bits per heavy atom. The summed E-state index contributed by atoms with van der Waals surface area (Å²) in [6.07, 6.45) is 8.74. The maximum absolute atomic E-state index is 2.31. The molecule has 2 heteroatoms. The van der Waals surface area contributed by atoms with E-state index in [0.717, 1.165) is 56.4 Å². The van der Waals surface area contributed by atoms with E-state index in [1.807, 2.05) is 0 Å². The molecule has 0 fully saturated rings. The lowest BCUT2D eigenvalue weighted by atomic mass is 10.1. The molecule has 52 heavy (non-hydrogen) atoms. The molecular formula is C50H44N2. The van der Waals surface area contributed by atoms with Crippen molar-refractivity contribution in [2.75, 3.05) is 9.80 Å². The highest BCUT2D eigenvalue weighted by atomic mass is 15.1. The average molecular weight is 673 g/mol. The summed E-state index contributed by atoms with van der Waals surface area (Å²) in [5.74, 6) is 0. The number of anilines is 6. The Kier molecular flexibility index (Phi) is 10.3. The standard InChI is InChI=1S/C50H44N2/c1-37-18-28-49(34-39(37)3)51(45-14-7-5-8-15-45)47-30-24-41(25-31-47)20-22-43-12-11-13-44(36-43)23-21-42-26-32-48(33-27-42)52(46-16-9-6-10-17-46)50-29-19-38(2)40(4)35-50/h5-36H,1-4H3/b22-20+,23-21+. The molecule has 0 aliphatic carbocycles. The summed E-state index contributed by atoms with van der Waals surface area (Å²) in [4.78, 5) is 4.63.